The fraction of sp³-hybridized carbons (Fsp3) is 0.381. The number of methoxy groups -OCH3 is 1. The van der Waals surface area contributed by atoms with Crippen molar-refractivity contribution >= 4 is 34.6 Å². The zero-order valence-corrected chi connectivity index (χ0v) is 17.5. The van der Waals surface area contributed by atoms with Crippen molar-refractivity contribution in [1.82, 2.24) is 4.90 Å². The average Bonchev–Trinajstić information content (AvgIpc) is 3.02. The van der Waals surface area contributed by atoms with Crippen LogP contribution in [0.1, 0.15) is 39.9 Å². The van der Waals surface area contributed by atoms with Crippen LogP contribution in [0, 0.1) is 13.8 Å². The molecule has 0 saturated carbocycles. The number of anilines is 1. The molecule has 0 spiro atoms. The third-order valence-corrected chi connectivity index (χ3v) is 5.32. The van der Waals surface area contributed by atoms with Gasteiger partial charge in [0.15, 0.2) is 5.78 Å². The summed E-state index contributed by atoms with van der Waals surface area (Å²) in [7, 11) is 1.53. The molecular formula is C21H26N2O4S. The highest BCUT2D eigenvalue weighted by atomic mass is 32.1. The van der Waals surface area contributed by atoms with Gasteiger partial charge in [0.25, 0.3) is 0 Å². The highest BCUT2D eigenvalue weighted by Crippen LogP contribution is 2.23. The number of hydrogen-bond acceptors (Lipinski definition) is 5. The normalized spacial score (nSPS) is 10.4. The lowest BCUT2D eigenvalue weighted by Gasteiger charge is -2.20. The first-order valence-corrected chi connectivity index (χ1v) is 9.98. The molecule has 0 bridgehead atoms. The first kappa shape index (κ1) is 21.6. The van der Waals surface area contributed by atoms with E-state index in [2.05, 4.69) is 5.32 Å². The number of nitrogens with one attached hydrogen (secondary N) is 1. The van der Waals surface area contributed by atoms with Crippen LogP contribution in [0.15, 0.2) is 30.3 Å². The van der Waals surface area contributed by atoms with Crippen molar-refractivity contribution in [3.8, 4) is 5.75 Å². The van der Waals surface area contributed by atoms with Crippen LogP contribution in [-0.4, -0.2) is 42.7 Å². The van der Waals surface area contributed by atoms with E-state index in [0.29, 0.717) is 23.5 Å². The maximum Gasteiger partial charge on any atom is 0.244 e. The molecule has 7 heteroatoms. The summed E-state index contributed by atoms with van der Waals surface area (Å²) in [6.07, 6.45) is 0.226. The van der Waals surface area contributed by atoms with Crippen molar-refractivity contribution in [3.05, 3.63) is 45.6 Å². The minimum absolute atomic E-state index is 0.0373. The molecule has 2 aromatic rings. The second-order valence-corrected chi connectivity index (χ2v) is 7.87. The van der Waals surface area contributed by atoms with Crippen LogP contribution >= 0.6 is 11.3 Å². The monoisotopic (exact) mass is 402 g/mol. The van der Waals surface area contributed by atoms with Crippen LogP contribution in [0.3, 0.4) is 0 Å². The van der Waals surface area contributed by atoms with E-state index >= 15 is 0 Å². The van der Waals surface area contributed by atoms with E-state index in [4.69, 9.17) is 4.74 Å². The number of ketones is 1. The number of likely N-dealkylation sites (N-methyl/N-ethyl adjacent to an activating group) is 1. The van der Waals surface area contributed by atoms with Crippen molar-refractivity contribution in [3.63, 3.8) is 0 Å². The van der Waals surface area contributed by atoms with E-state index in [1.54, 1.807) is 29.5 Å². The number of rotatable bonds is 9. The molecule has 1 N–H and O–H groups in total. The Morgan fingerprint density at radius 2 is 1.86 bits per heavy atom. The van der Waals surface area contributed by atoms with Gasteiger partial charge < -0.3 is 15.0 Å². The number of para-hydroxylation sites is 2. The predicted molar refractivity (Wildman–Crippen MR) is 111 cm³/mol. The predicted octanol–water partition coefficient (Wildman–Crippen LogP) is 3.82. The second kappa shape index (κ2) is 10.0. The molecule has 1 aromatic carbocycles. The maximum absolute atomic E-state index is 12.5. The number of aryl methyl sites for hydroxylation is 2. The highest BCUT2D eigenvalue weighted by molar-refractivity contribution is 7.12. The first-order valence-electron chi connectivity index (χ1n) is 9.16. The molecule has 2 amide bonds. The number of ether oxygens (including phenoxy) is 1. The number of benzene rings is 1. The minimum Gasteiger partial charge on any atom is -0.495 e. The Morgan fingerprint density at radius 1 is 1.14 bits per heavy atom. The van der Waals surface area contributed by atoms with Gasteiger partial charge in [-0.2, -0.15) is 0 Å². The third-order valence-electron chi connectivity index (χ3n) is 4.36. The number of thiophene rings is 1. The number of hydrogen-bond donors (Lipinski definition) is 1. The Hall–Kier alpha value is -2.67. The van der Waals surface area contributed by atoms with Crippen molar-refractivity contribution < 1.29 is 19.1 Å². The van der Waals surface area contributed by atoms with Gasteiger partial charge in [0, 0.05) is 34.7 Å². The molecule has 6 nitrogen and oxygen atoms in total. The fourth-order valence-corrected chi connectivity index (χ4v) is 3.85. The molecule has 0 aliphatic carbocycles. The van der Waals surface area contributed by atoms with Gasteiger partial charge in [-0.3, -0.25) is 14.4 Å². The second-order valence-electron chi connectivity index (χ2n) is 6.41. The molecule has 0 aliphatic heterocycles. The van der Waals surface area contributed by atoms with Gasteiger partial charge in [-0.25, -0.2) is 0 Å². The SMILES string of the molecule is CCN(CC(=O)Nc1ccccc1OC)C(=O)CCC(=O)c1cc(C)sc1C. The lowest BCUT2D eigenvalue weighted by molar-refractivity contribution is -0.134. The maximum atomic E-state index is 12.5. The Balaban J connectivity index is 1.91. The fourth-order valence-electron chi connectivity index (χ4n) is 2.91. The summed E-state index contributed by atoms with van der Waals surface area (Å²) in [6, 6.07) is 8.95. The molecule has 150 valence electrons. The molecule has 28 heavy (non-hydrogen) atoms. The highest BCUT2D eigenvalue weighted by Gasteiger charge is 2.19. The minimum atomic E-state index is -0.310. The number of carbonyl (C=O) groups excluding carboxylic acids is 3. The third kappa shape index (κ3) is 5.66. The van der Waals surface area contributed by atoms with Crippen molar-refractivity contribution in [2.75, 3.05) is 25.5 Å². The summed E-state index contributed by atoms with van der Waals surface area (Å²) < 4.78 is 5.21. The summed E-state index contributed by atoms with van der Waals surface area (Å²) in [4.78, 5) is 40.7. The summed E-state index contributed by atoms with van der Waals surface area (Å²) in [5, 5.41) is 2.76. The van der Waals surface area contributed by atoms with Gasteiger partial charge in [-0.05, 0) is 39.0 Å². The van der Waals surface area contributed by atoms with Crippen molar-refractivity contribution in [2.24, 2.45) is 0 Å². The topological polar surface area (TPSA) is 75.7 Å². The van der Waals surface area contributed by atoms with Gasteiger partial charge in [0.2, 0.25) is 11.8 Å². The lowest BCUT2D eigenvalue weighted by Crippen LogP contribution is -2.38. The van der Waals surface area contributed by atoms with Crippen molar-refractivity contribution in [2.45, 2.75) is 33.6 Å². The molecule has 0 aliphatic rings. The Bertz CT molecular complexity index is 860. The zero-order valence-electron chi connectivity index (χ0n) is 16.7. The van der Waals surface area contributed by atoms with Gasteiger partial charge in [-0.1, -0.05) is 12.1 Å². The Morgan fingerprint density at radius 3 is 2.46 bits per heavy atom. The van der Waals surface area contributed by atoms with Gasteiger partial charge in [-0.15, -0.1) is 11.3 Å². The molecule has 0 saturated heterocycles. The molecule has 1 aromatic heterocycles. The molecular weight excluding hydrogens is 376 g/mol. The van der Waals surface area contributed by atoms with Crippen LogP contribution in [0.5, 0.6) is 5.75 Å². The number of nitrogens with zero attached hydrogens (tertiary/aromatic N) is 1. The molecule has 0 unspecified atom stereocenters. The Kier molecular flexibility index (Phi) is 7.75. The summed E-state index contributed by atoms with van der Waals surface area (Å²) >= 11 is 1.58. The quantitative estimate of drug-likeness (QED) is 0.647. The summed E-state index contributed by atoms with van der Waals surface area (Å²) in [5.74, 6) is -0.00654. The van der Waals surface area contributed by atoms with E-state index < -0.39 is 0 Å². The number of Topliss-reactive ketones (excluding diaryl/α,β-unsaturated/α-hetero) is 1. The smallest absolute Gasteiger partial charge is 0.244 e. The standard InChI is InChI=1S/C21H26N2O4S/c1-5-23(13-20(25)22-17-8-6-7-9-19(17)27-4)21(26)11-10-18(24)16-12-14(2)28-15(16)3/h6-9,12H,5,10-11,13H2,1-4H3,(H,22,25). The Labute approximate surface area is 169 Å². The van der Waals surface area contributed by atoms with Crippen LogP contribution in [0.4, 0.5) is 5.69 Å². The zero-order chi connectivity index (χ0) is 20.7. The van der Waals surface area contributed by atoms with Crippen LogP contribution in [0.25, 0.3) is 0 Å². The van der Waals surface area contributed by atoms with E-state index in [0.717, 1.165) is 9.75 Å². The summed E-state index contributed by atoms with van der Waals surface area (Å²) in [6.45, 7) is 6.00. The molecule has 1 heterocycles. The van der Waals surface area contributed by atoms with Gasteiger partial charge in [0.1, 0.15) is 5.75 Å². The van der Waals surface area contributed by atoms with Crippen LogP contribution in [0.2, 0.25) is 0 Å². The largest absolute Gasteiger partial charge is 0.495 e. The van der Waals surface area contributed by atoms with E-state index in [1.165, 1.54) is 12.0 Å². The molecule has 0 fully saturated rings. The van der Waals surface area contributed by atoms with E-state index in [9.17, 15) is 14.4 Å². The van der Waals surface area contributed by atoms with Crippen molar-refractivity contribution in [1.29, 1.82) is 0 Å². The van der Waals surface area contributed by atoms with E-state index in [-0.39, 0.29) is 37.0 Å². The van der Waals surface area contributed by atoms with Gasteiger partial charge in [0.05, 0.1) is 19.3 Å². The van der Waals surface area contributed by atoms with Crippen LogP contribution in [-0.2, 0) is 9.59 Å². The molecule has 0 atom stereocenters. The van der Waals surface area contributed by atoms with Crippen LogP contribution < -0.4 is 10.1 Å². The molecule has 2 rings (SSSR count). The average molecular weight is 403 g/mol. The number of carbonyl (C=O) groups is 3. The summed E-state index contributed by atoms with van der Waals surface area (Å²) in [5.41, 5.74) is 1.24. The van der Waals surface area contributed by atoms with E-state index in [1.807, 2.05) is 32.9 Å². The van der Waals surface area contributed by atoms with Gasteiger partial charge >= 0.3 is 0 Å². The number of amides is 2. The first-order chi connectivity index (χ1) is 13.3. The molecule has 0 radical (unpaired) electrons. The lowest BCUT2D eigenvalue weighted by atomic mass is 10.1.